The monoisotopic (exact) mass is 302 g/mol. The Hall–Kier alpha value is -1.65. The third kappa shape index (κ3) is 2.05. The van der Waals surface area contributed by atoms with Crippen molar-refractivity contribution in [2.24, 2.45) is 5.73 Å². The Balaban J connectivity index is 2.13. The maximum absolute atomic E-state index is 5.78. The summed E-state index contributed by atoms with van der Waals surface area (Å²) in [5.74, 6) is 0.762. The predicted octanol–water partition coefficient (Wildman–Crippen LogP) is 3.72. The van der Waals surface area contributed by atoms with Crippen LogP contribution in [0.5, 0.6) is 0 Å². The van der Waals surface area contributed by atoms with E-state index in [1.165, 1.54) is 0 Å². The molecule has 0 aliphatic rings. The molecule has 0 bridgehead atoms. The van der Waals surface area contributed by atoms with E-state index < -0.39 is 0 Å². The van der Waals surface area contributed by atoms with Crippen LogP contribution in [0.4, 0.5) is 0 Å². The van der Waals surface area contributed by atoms with E-state index in [9.17, 15) is 0 Å². The normalized spacial score (nSPS) is 11.0. The van der Waals surface area contributed by atoms with Crippen molar-refractivity contribution in [3.05, 3.63) is 52.6 Å². The third-order valence-corrected chi connectivity index (χ3v) is 3.28. The minimum absolute atomic E-state index is 0.501. The van der Waals surface area contributed by atoms with E-state index in [1.807, 2.05) is 36.4 Å². The number of hydrogen-bond donors (Lipinski definition) is 1. The van der Waals surface area contributed by atoms with Crippen LogP contribution in [-0.4, -0.2) is 4.98 Å². The van der Waals surface area contributed by atoms with E-state index in [-0.39, 0.29) is 0 Å². The van der Waals surface area contributed by atoms with Gasteiger partial charge in [0.2, 0.25) is 0 Å². The molecule has 18 heavy (non-hydrogen) atoms. The first-order valence-electron chi connectivity index (χ1n) is 5.61. The molecule has 2 aromatic heterocycles. The highest BCUT2D eigenvalue weighted by Crippen LogP contribution is 2.28. The fourth-order valence-electron chi connectivity index (χ4n) is 1.88. The van der Waals surface area contributed by atoms with Crippen molar-refractivity contribution >= 4 is 26.9 Å². The van der Waals surface area contributed by atoms with E-state index in [0.29, 0.717) is 6.54 Å². The van der Waals surface area contributed by atoms with E-state index in [1.54, 1.807) is 6.20 Å². The van der Waals surface area contributed by atoms with Crippen LogP contribution in [0.2, 0.25) is 0 Å². The summed E-state index contributed by atoms with van der Waals surface area (Å²) in [6, 6.07) is 11.8. The zero-order chi connectivity index (χ0) is 12.5. The summed E-state index contributed by atoms with van der Waals surface area (Å²) in [7, 11) is 0. The predicted molar refractivity (Wildman–Crippen MR) is 75.0 cm³/mol. The third-order valence-electron chi connectivity index (χ3n) is 2.79. The molecule has 0 unspecified atom stereocenters. The maximum Gasteiger partial charge on any atom is 0.153 e. The lowest BCUT2D eigenvalue weighted by atomic mass is 10.2. The fourth-order valence-corrected chi connectivity index (χ4v) is 2.26. The summed E-state index contributed by atoms with van der Waals surface area (Å²) >= 11 is 3.45. The zero-order valence-corrected chi connectivity index (χ0v) is 11.1. The summed E-state index contributed by atoms with van der Waals surface area (Å²) in [6.45, 7) is 0.501. The van der Waals surface area contributed by atoms with Gasteiger partial charge >= 0.3 is 0 Å². The molecule has 0 saturated carbocycles. The Kier molecular flexibility index (Phi) is 2.89. The average Bonchev–Trinajstić information content (AvgIpc) is 2.81. The van der Waals surface area contributed by atoms with Crippen LogP contribution in [0, 0.1) is 0 Å². The lowest BCUT2D eigenvalue weighted by Gasteiger charge is -1.98. The standard InChI is InChI=1S/C14H11BrN2O/c15-11-1-2-13-10(6-11)7-14(18-13)12-5-9(8-16)3-4-17-12/h1-7H,8,16H2. The Bertz CT molecular complexity index is 706. The first-order valence-corrected chi connectivity index (χ1v) is 6.40. The van der Waals surface area contributed by atoms with Gasteiger partial charge in [0, 0.05) is 22.6 Å². The van der Waals surface area contributed by atoms with Crippen molar-refractivity contribution in [3.8, 4) is 11.5 Å². The summed E-state index contributed by atoms with van der Waals surface area (Å²) in [4.78, 5) is 4.31. The summed E-state index contributed by atoms with van der Waals surface area (Å²) in [5, 5.41) is 1.05. The van der Waals surface area contributed by atoms with Gasteiger partial charge < -0.3 is 10.2 Å². The second-order valence-corrected chi connectivity index (χ2v) is 4.96. The molecule has 0 amide bonds. The van der Waals surface area contributed by atoms with Crippen molar-refractivity contribution in [1.29, 1.82) is 0 Å². The highest BCUT2D eigenvalue weighted by molar-refractivity contribution is 9.10. The van der Waals surface area contributed by atoms with Gasteiger partial charge in [0.15, 0.2) is 5.76 Å². The topological polar surface area (TPSA) is 52.0 Å². The van der Waals surface area contributed by atoms with E-state index in [4.69, 9.17) is 10.2 Å². The SMILES string of the molecule is NCc1ccnc(-c2cc3cc(Br)ccc3o2)c1. The summed E-state index contributed by atoms with van der Waals surface area (Å²) in [5.41, 5.74) is 8.34. The smallest absolute Gasteiger partial charge is 0.153 e. The van der Waals surface area contributed by atoms with Gasteiger partial charge in [-0.3, -0.25) is 4.98 Å². The quantitative estimate of drug-likeness (QED) is 0.785. The largest absolute Gasteiger partial charge is 0.454 e. The molecule has 0 aliphatic heterocycles. The molecule has 4 heteroatoms. The van der Waals surface area contributed by atoms with E-state index in [2.05, 4.69) is 20.9 Å². The molecular formula is C14H11BrN2O. The van der Waals surface area contributed by atoms with Gasteiger partial charge in [0.05, 0.1) is 0 Å². The number of furan rings is 1. The van der Waals surface area contributed by atoms with E-state index >= 15 is 0 Å². The van der Waals surface area contributed by atoms with Crippen LogP contribution in [-0.2, 0) is 6.54 Å². The van der Waals surface area contributed by atoms with Crippen LogP contribution in [0.3, 0.4) is 0 Å². The maximum atomic E-state index is 5.78. The van der Waals surface area contributed by atoms with Gasteiger partial charge in [-0.05, 0) is 42.0 Å². The molecule has 0 fully saturated rings. The fraction of sp³-hybridized carbons (Fsp3) is 0.0714. The minimum Gasteiger partial charge on any atom is -0.454 e. The second kappa shape index (κ2) is 4.55. The Morgan fingerprint density at radius 3 is 2.89 bits per heavy atom. The first kappa shape index (κ1) is 11.4. The molecule has 0 aliphatic carbocycles. The lowest BCUT2D eigenvalue weighted by Crippen LogP contribution is -1.96. The number of rotatable bonds is 2. The number of fused-ring (bicyclic) bond motifs is 1. The van der Waals surface area contributed by atoms with Crippen LogP contribution in [0.1, 0.15) is 5.56 Å². The molecule has 3 rings (SSSR count). The molecule has 3 aromatic rings. The molecule has 0 spiro atoms. The lowest BCUT2D eigenvalue weighted by molar-refractivity contribution is 0.628. The molecule has 90 valence electrons. The molecule has 3 nitrogen and oxygen atoms in total. The van der Waals surface area contributed by atoms with Gasteiger partial charge in [-0.1, -0.05) is 15.9 Å². The van der Waals surface area contributed by atoms with Gasteiger partial charge in [0.1, 0.15) is 11.3 Å². The van der Waals surface area contributed by atoms with Crippen LogP contribution in [0.15, 0.2) is 51.5 Å². The molecule has 2 heterocycles. The summed E-state index contributed by atoms with van der Waals surface area (Å²) < 4.78 is 6.82. The first-order chi connectivity index (χ1) is 8.76. The van der Waals surface area contributed by atoms with Crippen molar-refractivity contribution in [3.63, 3.8) is 0 Å². The number of aromatic nitrogens is 1. The van der Waals surface area contributed by atoms with Crippen molar-refractivity contribution in [2.45, 2.75) is 6.54 Å². The molecule has 0 saturated heterocycles. The van der Waals surface area contributed by atoms with E-state index in [0.717, 1.165) is 32.5 Å². The Morgan fingerprint density at radius 2 is 2.06 bits per heavy atom. The molecule has 1 aromatic carbocycles. The molecule has 0 radical (unpaired) electrons. The second-order valence-electron chi connectivity index (χ2n) is 4.05. The minimum atomic E-state index is 0.501. The highest BCUT2D eigenvalue weighted by Gasteiger charge is 2.08. The van der Waals surface area contributed by atoms with Crippen LogP contribution >= 0.6 is 15.9 Å². The van der Waals surface area contributed by atoms with Gasteiger partial charge in [-0.25, -0.2) is 0 Å². The van der Waals surface area contributed by atoms with Crippen LogP contribution < -0.4 is 5.73 Å². The number of benzene rings is 1. The van der Waals surface area contributed by atoms with Crippen molar-refractivity contribution < 1.29 is 4.42 Å². The van der Waals surface area contributed by atoms with Gasteiger partial charge in [0.25, 0.3) is 0 Å². The number of halogens is 1. The van der Waals surface area contributed by atoms with Crippen molar-refractivity contribution in [1.82, 2.24) is 4.98 Å². The molecule has 2 N–H and O–H groups in total. The Morgan fingerprint density at radius 1 is 1.17 bits per heavy atom. The highest BCUT2D eigenvalue weighted by atomic mass is 79.9. The van der Waals surface area contributed by atoms with Gasteiger partial charge in [-0.15, -0.1) is 0 Å². The molecule has 0 atom stereocenters. The average molecular weight is 303 g/mol. The van der Waals surface area contributed by atoms with Gasteiger partial charge in [-0.2, -0.15) is 0 Å². The van der Waals surface area contributed by atoms with Crippen molar-refractivity contribution in [2.75, 3.05) is 0 Å². The number of pyridine rings is 1. The summed E-state index contributed by atoms with van der Waals surface area (Å²) in [6.07, 6.45) is 1.75. The Labute approximate surface area is 113 Å². The molecular weight excluding hydrogens is 292 g/mol. The number of nitrogens with zero attached hydrogens (tertiary/aromatic N) is 1. The van der Waals surface area contributed by atoms with Crippen LogP contribution in [0.25, 0.3) is 22.4 Å². The zero-order valence-electron chi connectivity index (χ0n) is 9.56. The number of hydrogen-bond acceptors (Lipinski definition) is 3. The number of nitrogens with two attached hydrogens (primary N) is 1.